The van der Waals surface area contributed by atoms with Crippen LogP contribution in [0.4, 0.5) is 0 Å². The molecule has 0 unspecified atom stereocenters. The second-order valence-corrected chi connectivity index (χ2v) is 6.23. The van der Waals surface area contributed by atoms with Crippen LogP contribution in [0.15, 0.2) is 59.1 Å². The van der Waals surface area contributed by atoms with Gasteiger partial charge in [-0.05, 0) is 23.3 Å². The van der Waals surface area contributed by atoms with Gasteiger partial charge in [0.05, 0.1) is 13.0 Å². The monoisotopic (exact) mass is 374 g/mol. The van der Waals surface area contributed by atoms with Gasteiger partial charge in [0.15, 0.2) is 0 Å². The molecule has 0 atom stereocenters. The number of carbonyl (C=O) groups excluding carboxylic acids is 2. The molecule has 5 heteroatoms. The summed E-state index contributed by atoms with van der Waals surface area (Å²) in [4.78, 5) is 25.5. The number of hydrogen-bond acceptors (Lipinski definition) is 2. The Morgan fingerprint density at radius 2 is 1.65 bits per heavy atom. The van der Waals surface area contributed by atoms with Gasteiger partial charge in [-0.2, -0.15) is 0 Å². The van der Waals surface area contributed by atoms with Crippen molar-refractivity contribution >= 4 is 27.7 Å². The highest BCUT2D eigenvalue weighted by molar-refractivity contribution is 9.10. The molecular weight excluding hydrogens is 356 g/mol. The van der Waals surface area contributed by atoms with E-state index in [-0.39, 0.29) is 24.8 Å². The van der Waals surface area contributed by atoms with E-state index in [1.165, 1.54) is 0 Å². The van der Waals surface area contributed by atoms with Crippen molar-refractivity contribution in [1.82, 2.24) is 10.2 Å². The fourth-order valence-electron chi connectivity index (χ4n) is 2.10. The zero-order valence-electron chi connectivity index (χ0n) is 13.0. The third-order valence-electron chi connectivity index (χ3n) is 3.40. The second-order valence-electron chi connectivity index (χ2n) is 5.32. The van der Waals surface area contributed by atoms with Crippen LogP contribution in [0.25, 0.3) is 0 Å². The van der Waals surface area contributed by atoms with E-state index in [4.69, 9.17) is 0 Å². The Labute approximate surface area is 144 Å². The number of halogens is 1. The van der Waals surface area contributed by atoms with Gasteiger partial charge >= 0.3 is 0 Å². The molecular formula is C18H19BrN2O2. The number of likely N-dealkylation sites (N-methyl/N-ethyl adjacent to an activating group) is 1. The first kappa shape index (κ1) is 17.2. The van der Waals surface area contributed by atoms with Crippen LogP contribution in [-0.2, 0) is 22.6 Å². The smallest absolute Gasteiger partial charge is 0.242 e. The van der Waals surface area contributed by atoms with Crippen LogP contribution in [0.5, 0.6) is 0 Å². The first-order valence-corrected chi connectivity index (χ1v) is 8.13. The van der Waals surface area contributed by atoms with Crippen LogP contribution in [-0.4, -0.2) is 30.3 Å². The number of carbonyl (C=O) groups is 2. The summed E-state index contributed by atoms with van der Waals surface area (Å²) in [6.45, 7) is 0.543. The average molecular weight is 375 g/mol. The normalized spacial score (nSPS) is 10.2. The third-order valence-corrected chi connectivity index (χ3v) is 3.93. The highest BCUT2D eigenvalue weighted by atomic mass is 79.9. The Morgan fingerprint density at radius 3 is 2.30 bits per heavy atom. The molecule has 0 spiro atoms. The van der Waals surface area contributed by atoms with Gasteiger partial charge < -0.3 is 10.2 Å². The molecule has 2 aromatic carbocycles. The lowest BCUT2D eigenvalue weighted by atomic mass is 10.1. The van der Waals surface area contributed by atoms with Gasteiger partial charge in [0, 0.05) is 18.1 Å². The maximum absolute atomic E-state index is 12.1. The molecule has 0 radical (unpaired) electrons. The van der Waals surface area contributed by atoms with Crippen molar-refractivity contribution in [3.63, 3.8) is 0 Å². The van der Waals surface area contributed by atoms with Crippen molar-refractivity contribution in [2.45, 2.75) is 13.0 Å². The fourth-order valence-corrected chi connectivity index (χ4v) is 2.37. The predicted octanol–water partition coefficient (Wildman–Crippen LogP) is 2.77. The zero-order valence-corrected chi connectivity index (χ0v) is 14.5. The van der Waals surface area contributed by atoms with E-state index < -0.39 is 0 Å². The molecule has 0 aliphatic carbocycles. The van der Waals surface area contributed by atoms with Crippen molar-refractivity contribution < 1.29 is 9.59 Å². The number of hydrogen-bond donors (Lipinski definition) is 1. The lowest BCUT2D eigenvalue weighted by Gasteiger charge is -2.17. The summed E-state index contributed by atoms with van der Waals surface area (Å²) in [5, 5.41) is 2.67. The summed E-state index contributed by atoms with van der Waals surface area (Å²) in [5.74, 6) is -0.271. The molecule has 0 bridgehead atoms. The minimum absolute atomic E-state index is 0.0126. The van der Waals surface area contributed by atoms with Crippen molar-refractivity contribution in [3.05, 3.63) is 70.2 Å². The molecule has 2 rings (SSSR count). The predicted molar refractivity (Wildman–Crippen MR) is 93.8 cm³/mol. The van der Waals surface area contributed by atoms with E-state index >= 15 is 0 Å². The SMILES string of the molecule is CN(Cc1ccccc1)C(=O)CNC(=O)Cc1ccc(Br)cc1. The largest absolute Gasteiger partial charge is 0.347 e. The van der Waals surface area contributed by atoms with Gasteiger partial charge in [0.25, 0.3) is 0 Å². The van der Waals surface area contributed by atoms with Gasteiger partial charge in [0.2, 0.25) is 11.8 Å². The molecule has 0 saturated heterocycles. The Morgan fingerprint density at radius 1 is 1.00 bits per heavy atom. The standard InChI is InChI=1S/C18H19BrN2O2/c1-21(13-15-5-3-2-4-6-15)18(23)12-20-17(22)11-14-7-9-16(19)10-8-14/h2-10H,11-13H2,1H3,(H,20,22). The van der Waals surface area contributed by atoms with E-state index in [0.717, 1.165) is 15.6 Å². The molecule has 2 amide bonds. The van der Waals surface area contributed by atoms with Crippen molar-refractivity contribution in [2.75, 3.05) is 13.6 Å². The molecule has 2 aromatic rings. The van der Waals surface area contributed by atoms with E-state index in [2.05, 4.69) is 21.2 Å². The van der Waals surface area contributed by atoms with Crippen molar-refractivity contribution in [3.8, 4) is 0 Å². The lowest BCUT2D eigenvalue weighted by Crippen LogP contribution is -2.38. The summed E-state index contributed by atoms with van der Waals surface area (Å²) < 4.78 is 0.972. The molecule has 0 saturated carbocycles. The maximum Gasteiger partial charge on any atom is 0.242 e. The minimum Gasteiger partial charge on any atom is -0.347 e. The quantitative estimate of drug-likeness (QED) is 0.844. The second kappa shape index (κ2) is 8.48. The van der Waals surface area contributed by atoms with Gasteiger partial charge in [-0.25, -0.2) is 0 Å². The van der Waals surface area contributed by atoms with Gasteiger partial charge in [0.1, 0.15) is 0 Å². The Bertz CT molecular complexity index is 656. The molecule has 4 nitrogen and oxygen atoms in total. The highest BCUT2D eigenvalue weighted by Crippen LogP contribution is 2.10. The molecule has 0 heterocycles. The lowest BCUT2D eigenvalue weighted by molar-refractivity contribution is -0.132. The molecule has 1 N–H and O–H groups in total. The fraction of sp³-hybridized carbons (Fsp3) is 0.222. The van der Waals surface area contributed by atoms with E-state index in [9.17, 15) is 9.59 Å². The summed E-state index contributed by atoms with van der Waals surface area (Å²) in [7, 11) is 1.73. The van der Waals surface area contributed by atoms with Crippen LogP contribution >= 0.6 is 15.9 Å². The summed E-state index contributed by atoms with van der Waals surface area (Å²) in [6, 6.07) is 17.3. The minimum atomic E-state index is -0.159. The van der Waals surface area contributed by atoms with Gasteiger partial charge in [-0.1, -0.05) is 58.4 Å². The molecule has 120 valence electrons. The van der Waals surface area contributed by atoms with Crippen molar-refractivity contribution in [2.24, 2.45) is 0 Å². The van der Waals surface area contributed by atoms with Crippen LogP contribution in [0.2, 0.25) is 0 Å². The first-order valence-electron chi connectivity index (χ1n) is 7.33. The van der Waals surface area contributed by atoms with Crippen LogP contribution in [0.1, 0.15) is 11.1 Å². The molecule has 0 fully saturated rings. The average Bonchev–Trinajstić information content (AvgIpc) is 2.55. The summed E-state index contributed by atoms with van der Waals surface area (Å²) in [6.07, 6.45) is 0.267. The Hall–Kier alpha value is -2.14. The van der Waals surface area contributed by atoms with Gasteiger partial charge in [-0.3, -0.25) is 9.59 Å². The summed E-state index contributed by atoms with van der Waals surface area (Å²) >= 11 is 3.35. The number of nitrogens with one attached hydrogen (secondary N) is 1. The molecule has 0 aliphatic rings. The van der Waals surface area contributed by atoms with Crippen LogP contribution in [0, 0.1) is 0 Å². The van der Waals surface area contributed by atoms with Gasteiger partial charge in [-0.15, -0.1) is 0 Å². The molecule has 0 aromatic heterocycles. The Balaban J connectivity index is 1.76. The van der Waals surface area contributed by atoms with E-state index in [1.54, 1.807) is 11.9 Å². The van der Waals surface area contributed by atoms with Crippen LogP contribution < -0.4 is 5.32 Å². The maximum atomic E-state index is 12.1. The van der Waals surface area contributed by atoms with Crippen molar-refractivity contribution in [1.29, 1.82) is 0 Å². The number of amides is 2. The highest BCUT2D eigenvalue weighted by Gasteiger charge is 2.11. The first-order chi connectivity index (χ1) is 11.0. The summed E-state index contributed by atoms with van der Waals surface area (Å²) in [5.41, 5.74) is 1.97. The molecule has 0 aliphatic heterocycles. The number of rotatable bonds is 6. The zero-order chi connectivity index (χ0) is 16.7. The van der Waals surface area contributed by atoms with Crippen LogP contribution in [0.3, 0.4) is 0 Å². The third kappa shape index (κ3) is 5.87. The van der Waals surface area contributed by atoms with E-state index in [0.29, 0.717) is 6.54 Å². The molecule has 23 heavy (non-hydrogen) atoms. The Kier molecular flexibility index (Phi) is 6.35. The van der Waals surface area contributed by atoms with E-state index in [1.807, 2.05) is 54.6 Å². The number of nitrogens with zero attached hydrogens (tertiary/aromatic N) is 1. The number of benzene rings is 2. The topological polar surface area (TPSA) is 49.4 Å².